The standard InChI is InChI=1S/C13H16BrNO2S/c14-9-7-12(18-8-9)13(16)15-5-6-17-11-4-2-1-3-10(11)15/h7-8,10-11H,1-6H2. The summed E-state index contributed by atoms with van der Waals surface area (Å²) in [5.74, 6) is 0.172. The molecule has 1 aromatic rings. The molecule has 1 amide bonds. The molecule has 0 N–H and O–H groups in total. The third-order valence-corrected chi connectivity index (χ3v) is 5.45. The highest BCUT2D eigenvalue weighted by molar-refractivity contribution is 9.10. The van der Waals surface area contributed by atoms with E-state index in [1.807, 2.05) is 16.3 Å². The highest BCUT2D eigenvalue weighted by Crippen LogP contribution is 2.30. The molecule has 5 heteroatoms. The minimum absolute atomic E-state index is 0.172. The van der Waals surface area contributed by atoms with Crippen molar-refractivity contribution in [3.8, 4) is 0 Å². The van der Waals surface area contributed by atoms with Gasteiger partial charge in [-0.05, 0) is 34.8 Å². The van der Waals surface area contributed by atoms with Gasteiger partial charge in [0.2, 0.25) is 0 Å². The van der Waals surface area contributed by atoms with Crippen molar-refractivity contribution < 1.29 is 9.53 Å². The molecule has 0 aromatic carbocycles. The lowest BCUT2D eigenvalue weighted by Crippen LogP contribution is -2.54. The number of carbonyl (C=O) groups is 1. The van der Waals surface area contributed by atoms with Crippen LogP contribution in [0.1, 0.15) is 35.4 Å². The molecule has 0 spiro atoms. The van der Waals surface area contributed by atoms with Crippen LogP contribution >= 0.6 is 27.3 Å². The fourth-order valence-corrected chi connectivity index (χ4v) is 4.30. The van der Waals surface area contributed by atoms with E-state index < -0.39 is 0 Å². The molecule has 98 valence electrons. The lowest BCUT2D eigenvalue weighted by molar-refractivity contribution is -0.0751. The van der Waals surface area contributed by atoms with E-state index in [1.165, 1.54) is 24.2 Å². The van der Waals surface area contributed by atoms with Gasteiger partial charge >= 0.3 is 0 Å². The van der Waals surface area contributed by atoms with E-state index in [2.05, 4.69) is 15.9 Å². The first kappa shape index (κ1) is 12.6. The topological polar surface area (TPSA) is 29.5 Å². The van der Waals surface area contributed by atoms with Gasteiger partial charge in [-0.15, -0.1) is 11.3 Å². The Hall–Kier alpha value is -0.390. The molecule has 2 atom stereocenters. The van der Waals surface area contributed by atoms with E-state index in [4.69, 9.17) is 4.74 Å². The monoisotopic (exact) mass is 329 g/mol. The fraction of sp³-hybridized carbons (Fsp3) is 0.615. The zero-order chi connectivity index (χ0) is 12.5. The van der Waals surface area contributed by atoms with Crippen LogP contribution in [0.3, 0.4) is 0 Å². The second-order valence-electron chi connectivity index (χ2n) is 4.89. The molecule has 2 fully saturated rings. The van der Waals surface area contributed by atoms with Crippen molar-refractivity contribution in [1.82, 2.24) is 4.90 Å². The summed E-state index contributed by atoms with van der Waals surface area (Å²) in [5, 5.41) is 1.96. The Kier molecular flexibility index (Phi) is 3.73. The molecule has 1 aliphatic carbocycles. The first-order valence-corrected chi connectivity index (χ1v) is 8.09. The molecule has 1 saturated carbocycles. The third-order valence-electron chi connectivity index (χ3n) is 3.77. The van der Waals surface area contributed by atoms with E-state index >= 15 is 0 Å². The lowest BCUT2D eigenvalue weighted by atomic mass is 9.90. The van der Waals surface area contributed by atoms with Crippen LogP contribution < -0.4 is 0 Å². The van der Waals surface area contributed by atoms with Gasteiger partial charge in [-0.2, -0.15) is 0 Å². The number of nitrogens with zero attached hydrogens (tertiary/aromatic N) is 1. The molecule has 3 nitrogen and oxygen atoms in total. The van der Waals surface area contributed by atoms with Crippen LogP contribution in [-0.2, 0) is 4.74 Å². The van der Waals surface area contributed by atoms with Gasteiger partial charge in [-0.3, -0.25) is 4.79 Å². The number of fused-ring (bicyclic) bond motifs is 1. The van der Waals surface area contributed by atoms with Gasteiger partial charge in [-0.1, -0.05) is 12.8 Å². The van der Waals surface area contributed by atoms with Crippen LogP contribution in [-0.4, -0.2) is 36.1 Å². The van der Waals surface area contributed by atoms with E-state index in [9.17, 15) is 4.79 Å². The van der Waals surface area contributed by atoms with Crippen molar-refractivity contribution in [1.29, 1.82) is 0 Å². The van der Waals surface area contributed by atoms with E-state index in [0.29, 0.717) is 12.6 Å². The Bertz CT molecular complexity index is 446. The predicted octanol–water partition coefficient (Wildman–Crippen LogP) is 3.29. The summed E-state index contributed by atoms with van der Waals surface area (Å²) in [5.41, 5.74) is 0. The zero-order valence-electron chi connectivity index (χ0n) is 10.1. The summed E-state index contributed by atoms with van der Waals surface area (Å²) in [6.45, 7) is 1.41. The van der Waals surface area contributed by atoms with Crippen molar-refractivity contribution in [2.75, 3.05) is 13.2 Å². The second kappa shape index (κ2) is 5.31. The van der Waals surface area contributed by atoms with Crippen LogP contribution in [0.25, 0.3) is 0 Å². The molecular formula is C13H16BrNO2S. The molecule has 2 unspecified atom stereocenters. The Morgan fingerprint density at radius 1 is 1.44 bits per heavy atom. The maximum atomic E-state index is 12.5. The predicted molar refractivity (Wildman–Crippen MR) is 75.1 cm³/mol. The van der Waals surface area contributed by atoms with Crippen LogP contribution in [0, 0.1) is 0 Å². The van der Waals surface area contributed by atoms with Gasteiger partial charge in [0.05, 0.1) is 23.6 Å². The number of hydrogen-bond donors (Lipinski definition) is 0. The van der Waals surface area contributed by atoms with Crippen molar-refractivity contribution in [2.45, 2.75) is 37.8 Å². The first-order valence-electron chi connectivity index (χ1n) is 6.42. The van der Waals surface area contributed by atoms with Crippen molar-refractivity contribution in [3.63, 3.8) is 0 Å². The number of hydrogen-bond acceptors (Lipinski definition) is 3. The maximum Gasteiger partial charge on any atom is 0.264 e. The number of ether oxygens (including phenoxy) is 1. The third kappa shape index (κ3) is 2.36. The molecule has 0 bridgehead atoms. The second-order valence-corrected chi connectivity index (χ2v) is 6.72. The minimum atomic E-state index is 0.172. The molecule has 1 saturated heterocycles. The van der Waals surface area contributed by atoms with Gasteiger partial charge in [-0.25, -0.2) is 0 Å². The molecule has 2 heterocycles. The largest absolute Gasteiger partial charge is 0.374 e. The molecule has 1 aliphatic heterocycles. The molecule has 3 rings (SSSR count). The highest BCUT2D eigenvalue weighted by Gasteiger charge is 2.37. The first-order chi connectivity index (χ1) is 8.75. The Labute approximate surface area is 119 Å². The van der Waals surface area contributed by atoms with Crippen LogP contribution in [0.5, 0.6) is 0 Å². The Balaban J connectivity index is 1.79. The molecular weight excluding hydrogens is 314 g/mol. The average molecular weight is 330 g/mol. The number of carbonyl (C=O) groups excluding carboxylic acids is 1. The number of amides is 1. The maximum absolute atomic E-state index is 12.5. The highest BCUT2D eigenvalue weighted by atomic mass is 79.9. The minimum Gasteiger partial charge on any atom is -0.374 e. The summed E-state index contributed by atoms with van der Waals surface area (Å²) < 4.78 is 6.79. The Morgan fingerprint density at radius 3 is 3.06 bits per heavy atom. The molecule has 2 aliphatic rings. The zero-order valence-corrected chi connectivity index (χ0v) is 12.5. The van der Waals surface area contributed by atoms with Crippen LogP contribution in [0.15, 0.2) is 15.9 Å². The normalized spacial score (nSPS) is 27.9. The van der Waals surface area contributed by atoms with Crippen LogP contribution in [0.4, 0.5) is 0 Å². The van der Waals surface area contributed by atoms with Crippen molar-refractivity contribution >= 4 is 33.2 Å². The van der Waals surface area contributed by atoms with Crippen molar-refractivity contribution in [2.24, 2.45) is 0 Å². The van der Waals surface area contributed by atoms with Crippen molar-refractivity contribution in [3.05, 3.63) is 20.8 Å². The summed E-state index contributed by atoms with van der Waals surface area (Å²) in [4.78, 5) is 15.4. The number of rotatable bonds is 1. The van der Waals surface area contributed by atoms with Gasteiger partial charge in [0.15, 0.2) is 0 Å². The smallest absolute Gasteiger partial charge is 0.264 e. The van der Waals surface area contributed by atoms with Gasteiger partial charge < -0.3 is 9.64 Å². The summed E-state index contributed by atoms with van der Waals surface area (Å²) in [6, 6.07) is 2.21. The van der Waals surface area contributed by atoms with E-state index in [0.717, 1.165) is 28.7 Å². The SMILES string of the molecule is O=C(c1cc(Br)cs1)N1CCOC2CCCCC21. The Morgan fingerprint density at radius 2 is 2.28 bits per heavy atom. The summed E-state index contributed by atoms with van der Waals surface area (Å²) in [6.07, 6.45) is 4.89. The summed E-state index contributed by atoms with van der Waals surface area (Å²) >= 11 is 4.92. The lowest BCUT2D eigenvalue weighted by Gasteiger charge is -2.43. The van der Waals surface area contributed by atoms with Gasteiger partial charge in [0.25, 0.3) is 5.91 Å². The van der Waals surface area contributed by atoms with E-state index in [1.54, 1.807) is 0 Å². The average Bonchev–Trinajstić information content (AvgIpc) is 2.84. The quantitative estimate of drug-likeness (QED) is 0.791. The van der Waals surface area contributed by atoms with Crippen LogP contribution in [0.2, 0.25) is 0 Å². The van der Waals surface area contributed by atoms with E-state index in [-0.39, 0.29) is 12.0 Å². The number of morpholine rings is 1. The number of halogens is 1. The molecule has 18 heavy (non-hydrogen) atoms. The fourth-order valence-electron chi connectivity index (χ4n) is 2.92. The van der Waals surface area contributed by atoms with Gasteiger partial charge in [0, 0.05) is 16.4 Å². The number of thiophene rings is 1. The van der Waals surface area contributed by atoms with Gasteiger partial charge in [0.1, 0.15) is 0 Å². The molecule has 0 radical (unpaired) electrons. The summed E-state index contributed by atoms with van der Waals surface area (Å²) in [7, 11) is 0. The molecule has 1 aromatic heterocycles.